The van der Waals surface area contributed by atoms with Gasteiger partial charge in [0.2, 0.25) is 5.91 Å². The van der Waals surface area contributed by atoms with Crippen LogP contribution in [0.15, 0.2) is 0 Å². The molecule has 1 saturated carbocycles. The summed E-state index contributed by atoms with van der Waals surface area (Å²) in [7, 11) is 2.21. The highest BCUT2D eigenvalue weighted by Crippen LogP contribution is 2.32. The smallest absolute Gasteiger partial charge is 0.240 e. The monoisotopic (exact) mass is 293 g/mol. The summed E-state index contributed by atoms with van der Waals surface area (Å²) in [5.74, 6) is 1.84. The number of carbonyl (C=O) groups excluding carboxylic acids is 1. The zero-order chi connectivity index (χ0) is 14.8. The van der Waals surface area contributed by atoms with Crippen LogP contribution >= 0.6 is 0 Å². The lowest BCUT2D eigenvalue weighted by molar-refractivity contribution is -0.130. The summed E-state index contributed by atoms with van der Waals surface area (Å²) < 4.78 is 0. The van der Waals surface area contributed by atoms with Crippen LogP contribution in [0.5, 0.6) is 0 Å². The number of hydrogen-bond acceptors (Lipinski definition) is 3. The third-order valence-corrected chi connectivity index (χ3v) is 5.87. The molecule has 1 amide bonds. The van der Waals surface area contributed by atoms with Crippen molar-refractivity contribution in [3.63, 3.8) is 0 Å². The van der Waals surface area contributed by atoms with Crippen LogP contribution in [-0.4, -0.2) is 54.6 Å². The van der Waals surface area contributed by atoms with Gasteiger partial charge in [0.05, 0.1) is 12.2 Å². The Labute approximate surface area is 129 Å². The van der Waals surface area contributed by atoms with Crippen LogP contribution in [0, 0.1) is 11.8 Å². The van der Waals surface area contributed by atoms with Crippen LogP contribution in [0.25, 0.3) is 0 Å². The van der Waals surface area contributed by atoms with Crippen LogP contribution in [0.2, 0.25) is 0 Å². The first-order chi connectivity index (χ1) is 10.1. The summed E-state index contributed by atoms with van der Waals surface area (Å²) >= 11 is 0. The van der Waals surface area contributed by atoms with E-state index in [1.54, 1.807) is 0 Å². The molecule has 1 aliphatic carbocycles. The van der Waals surface area contributed by atoms with Crippen molar-refractivity contribution in [1.82, 2.24) is 15.1 Å². The Balaban J connectivity index is 1.55. The summed E-state index contributed by atoms with van der Waals surface area (Å²) in [6.07, 6.45) is 9.39. The molecule has 0 aromatic rings. The zero-order valence-corrected chi connectivity index (χ0v) is 13.7. The maximum atomic E-state index is 12.5. The lowest BCUT2D eigenvalue weighted by Gasteiger charge is -2.33. The van der Waals surface area contributed by atoms with Crippen LogP contribution < -0.4 is 5.32 Å². The summed E-state index contributed by atoms with van der Waals surface area (Å²) in [6, 6.07) is 0.0214. The zero-order valence-electron chi connectivity index (χ0n) is 13.7. The molecule has 4 heteroatoms. The molecule has 120 valence electrons. The van der Waals surface area contributed by atoms with Gasteiger partial charge >= 0.3 is 0 Å². The number of hydrogen-bond donors (Lipinski definition) is 1. The summed E-state index contributed by atoms with van der Waals surface area (Å²) in [5.41, 5.74) is 0. The average molecular weight is 293 g/mol. The van der Waals surface area contributed by atoms with Gasteiger partial charge in [0, 0.05) is 6.54 Å². The van der Waals surface area contributed by atoms with E-state index in [1.165, 1.54) is 58.0 Å². The molecule has 2 unspecified atom stereocenters. The molecule has 3 fully saturated rings. The fourth-order valence-electron chi connectivity index (χ4n) is 4.39. The molecule has 0 spiro atoms. The minimum atomic E-state index is 0.0214. The Kier molecular flexibility index (Phi) is 4.85. The second-order valence-corrected chi connectivity index (χ2v) is 7.44. The van der Waals surface area contributed by atoms with E-state index in [2.05, 4.69) is 22.2 Å². The van der Waals surface area contributed by atoms with Crippen LogP contribution in [0.3, 0.4) is 0 Å². The van der Waals surface area contributed by atoms with Gasteiger partial charge in [-0.3, -0.25) is 10.1 Å². The number of carbonyl (C=O) groups is 1. The molecular formula is C17H31N3O. The van der Waals surface area contributed by atoms with Gasteiger partial charge < -0.3 is 9.80 Å². The molecule has 0 bridgehead atoms. The number of nitrogens with zero attached hydrogens (tertiary/aromatic N) is 2. The molecule has 4 nitrogen and oxygen atoms in total. The van der Waals surface area contributed by atoms with Gasteiger partial charge in [-0.2, -0.15) is 0 Å². The third kappa shape index (κ3) is 3.42. The Hall–Kier alpha value is -0.610. The fraction of sp³-hybridized carbons (Fsp3) is 0.941. The number of rotatable bonds is 4. The fourth-order valence-corrected chi connectivity index (χ4v) is 4.39. The highest BCUT2D eigenvalue weighted by atomic mass is 16.2. The van der Waals surface area contributed by atoms with Crippen molar-refractivity contribution in [3.05, 3.63) is 0 Å². The topological polar surface area (TPSA) is 35.6 Å². The Morgan fingerprint density at radius 3 is 2.48 bits per heavy atom. The Morgan fingerprint density at radius 1 is 1.14 bits per heavy atom. The normalized spacial score (nSPS) is 33.2. The molecule has 2 atom stereocenters. The Bertz CT molecular complexity index is 359. The van der Waals surface area contributed by atoms with Crippen LogP contribution in [0.4, 0.5) is 0 Å². The number of amides is 1. The molecule has 2 saturated heterocycles. The average Bonchev–Trinajstić information content (AvgIpc) is 3.09. The predicted octanol–water partition coefficient (Wildman–Crippen LogP) is 2.05. The molecule has 0 aromatic carbocycles. The van der Waals surface area contributed by atoms with Crippen molar-refractivity contribution in [1.29, 1.82) is 0 Å². The predicted molar refractivity (Wildman–Crippen MR) is 84.9 cm³/mol. The van der Waals surface area contributed by atoms with Crippen LogP contribution in [-0.2, 0) is 4.79 Å². The van der Waals surface area contributed by atoms with Gasteiger partial charge in [0.1, 0.15) is 0 Å². The summed E-state index contributed by atoms with van der Waals surface area (Å²) in [6.45, 7) is 5.43. The van der Waals surface area contributed by atoms with E-state index < -0.39 is 0 Å². The quantitative estimate of drug-likeness (QED) is 0.862. The Morgan fingerprint density at radius 2 is 1.81 bits per heavy atom. The first kappa shape index (κ1) is 15.3. The molecule has 2 aliphatic heterocycles. The third-order valence-electron chi connectivity index (χ3n) is 5.87. The van der Waals surface area contributed by atoms with Crippen molar-refractivity contribution in [2.45, 2.75) is 64.1 Å². The summed E-state index contributed by atoms with van der Waals surface area (Å²) in [5, 5.41) is 3.56. The molecule has 0 radical (unpaired) electrons. The highest BCUT2D eigenvalue weighted by molar-refractivity contribution is 5.83. The molecule has 21 heavy (non-hydrogen) atoms. The van der Waals surface area contributed by atoms with E-state index in [-0.39, 0.29) is 6.04 Å². The number of piperidine rings is 1. The van der Waals surface area contributed by atoms with Crippen molar-refractivity contribution < 1.29 is 4.79 Å². The molecule has 1 N–H and O–H groups in total. The highest BCUT2D eigenvalue weighted by Gasteiger charge is 2.41. The van der Waals surface area contributed by atoms with Crippen molar-refractivity contribution in [3.8, 4) is 0 Å². The van der Waals surface area contributed by atoms with Crippen molar-refractivity contribution >= 4 is 5.91 Å². The largest absolute Gasteiger partial charge is 0.326 e. The number of likely N-dealkylation sites (tertiary alicyclic amines) is 1. The molecular weight excluding hydrogens is 262 g/mol. The molecule has 2 heterocycles. The minimum Gasteiger partial charge on any atom is -0.326 e. The van der Waals surface area contributed by atoms with E-state index in [0.29, 0.717) is 18.0 Å². The minimum absolute atomic E-state index is 0.0214. The van der Waals surface area contributed by atoms with E-state index in [0.717, 1.165) is 12.5 Å². The molecule has 3 rings (SSSR count). The molecule has 3 aliphatic rings. The maximum Gasteiger partial charge on any atom is 0.240 e. The standard InChI is InChI=1S/C17H31N3O/c1-13-17(21)20(16(18-13)15-5-3-4-6-15)12-9-14-7-10-19(2)11-8-14/h13-16,18H,3-12H2,1-2H3. The van der Waals surface area contributed by atoms with E-state index in [1.807, 2.05) is 6.92 Å². The lowest BCUT2D eigenvalue weighted by atomic mass is 9.93. The molecule has 0 aromatic heterocycles. The maximum absolute atomic E-state index is 12.5. The first-order valence-electron chi connectivity index (χ1n) is 8.90. The van der Waals surface area contributed by atoms with Gasteiger partial charge in [0.25, 0.3) is 0 Å². The lowest BCUT2D eigenvalue weighted by Crippen LogP contribution is -2.43. The van der Waals surface area contributed by atoms with E-state index in [4.69, 9.17) is 0 Å². The van der Waals surface area contributed by atoms with Gasteiger partial charge in [-0.05, 0) is 71.0 Å². The number of nitrogens with one attached hydrogen (secondary N) is 1. The summed E-state index contributed by atoms with van der Waals surface area (Å²) in [4.78, 5) is 17.1. The van der Waals surface area contributed by atoms with Crippen molar-refractivity contribution in [2.24, 2.45) is 11.8 Å². The van der Waals surface area contributed by atoms with E-state index in [9.17, 15) is 4.79 Å². The van der Waals surface area contributed by atoms with Gasteiger partial charge in [-0.1, -0.05) is 12.8 Å². The van der Waals surface area contributed by atoms with Crippen molar-refractivity contribution in [2.75, 3.05) is 26.7 Å². The van der Waals surface area contributed by atoms with E-state index >= 15 is 0 Å². The first-order valence-corrected chi connectivity index (χ1v) is 8.90. The van der Waals surface area contributed by atoms with Gasteiger partial charge in [-0.25, -0.2) is 0 Å². The second-order valence-electron chi connectivity index (χ2n) is 7.44. The van der Waals surface area contributed by atoms with Gasteiger partial charge in [0.15, 0.2) is 0 Å². The van der Waals surface area contributed by atoms with Gasteiger partial charge in [-0.15, -0.1) is 0 Å². The second kappa shape index (κ2) is 6.66. The SMILES string of the molecule is CC1NC(C2CCCC2)N(CCC2CCN(C)CC2)C1=O. The van der Waals surface area contributed by atoms with Crippen LogP contribution in [0.1, 0.15) is 51.9 Å².